The van der Waals surface area contributed by atoms with Gasteiger partial charge in [-0.3, -0.25) is 4.85 Å². The summed E-state index contributed by atoms with van der Waals surface area (Å²) in [6.07, 6.45) is 4.98. The molecule has 0 saturated heterocycles. The first-order valence-corrected chi connectivity index (χ1v) is 9.05. The van der Waals surface area contributed by atoms with E-state index < -0.39 is 14.0 Å². The van der Waals surface area contributed by atoms with E-state index in [0.29, 0.717) is 0 Å². The molecular weight excluding hydrogens is 258 g/mol. The normalized spacial score (nSPS) is 28.1. The summed E-state index contributed by atoms with van der Waals surface area (Å²) < 4.78 is 6.92. The maximum atomic E-state index is 7.31. The van der Waals surface area contributed by atoms with Gasteiger partial charge in [-0.1, -0.05) is 6.08 Å². The second kappa shape index (κ2) is 4.17. The van der Waals surface area contributed by atoms with E-state index >= 15 is 0 Å². The number of hydrogen-bond donors (Lipinski definition) is 0. The maximum absolute atomic E-state index is 7.31. The molecule has 0 aromatic rings. The first kappa shape index (κ1) is 12.0. The summed E-state index contributed by atoms with van der Waals surface area (Å²) in [5.74, 6) is 0. The topological polar surface area (TPSA) is 13.6 Å². The highest BCUT2D eigenvalue weighted by molar-refractivity contribution is 9.11. The molecule has 1 aliphatic carbocycles. The molecule has 0 N–H and O–H groups in total. The molecule has 0 heterocycles. The van der Waals surface area contributed by atoms with Crippen LogP contribution in [0.2, 0.25) is 19.6 Å². The summed E-state index contributed by atoms with van der Waals surface area (Å²) in [6, 6.07) is 0. The van der Waals surface area contributed by atoms with Crippen LogP contribution >= 0.6 is 15.9 Å². The van der Waals surface area contributed by atoms with E-state index in [9.17, 15) is 0 Å². The fraction of sp³-hybridized carbons (Fsp3) is 0.700. The minimum Gasteiger partial charge on any atom is -0.347 e. The van der Waals surface area contributed by atoms with E-state index in [1.807, 2.05) is 0 Å². The van der Waals surface area contributed by atoms with E-state index in [-0.39, 0.29) is 0 Å². The van der Waals surface area contributed by atoms with E-state index in [1.54, 1.807) is 0 Å². The van der Waals surface area contributed by atoms with Gasteiger partial charge in [0.1, 0.15) is 4.48 Å². The maximum Gasteiger partial charge on any atom is 0.361 e. The van der Waals surface area contributed by atoms with Crippen LogP contribution in [0, 0.1) is 6.57 Å². The third-order valence-electron chi connectivity index (χ3n) is 2.07. The van der Waals surface area contributed by atoms with E-state index in [4.69, 9.17) is 11.0 Å². The lowest BCUT2D eigenvalue weighted by Crippen LogP contribution is -2.41. The number of rotatable bonds is 2. The van der Waals surface area contributed by atoms with Gasteiger partial charge >= 0.3 is 5.72 Å². The average molecular weight is 274 g/mol. The zero-order chi connectivity index (χ0) is 10.8. The van der Waals surface area contributed by atoms with Crippen molar-refractivity contribution >= 4 is 24.2 Å². The molecule has 0 spiro atoms. The first-order chi connectivity index (χ1) is 6.40. The molecule has 4 heteroatoms. The van der Waals surface area contributed by atoms with Gasteiger partial charge in [0, 0.05) is 0 Å². The van der Waals surface area contributed by atoms with Crippen molar-refractivity contribution in [2.75, 3.05) is 0 Å². The van der Waals surface area contributed by atoms with Crippen molar-refractivity contribution in [3.63, 3.8) is 0 Å². The van der Waals surface area contributed by atoms with Gasteiger partial charge in [0.15, 0.2) is 8.32 Å². The highest BCUT2D eigenvalue weighted by Gasteiger charge is 2.46. The Bertz CT molecular complexity index is 289. The molecule has 1 atom stereocenters. The third kappa shape index (κ3) is 2.69. The molecule has 14 heavy (non-hydrogen) atoms. The van der Waals surface area contributed by atoms with Crippen LogP contribution in [0.25, 0.3) is 4.85 Å². The second-order valence-electron chi connectivity index (χ2n) is 4.55. The molecule has 2 nitrogen and oxygen atoms in total. The van der Waals surface area contributed by atoms with Gasteiger partial charge in [-0.15, -0.1) is 0 Å². The minimum atomic E-state index is -1.66. The fourth-order valence-corrected chi connectivity index (χ4v) is 3.60. The van der Waals surface area contributed by atoms with Crippen LogP contribution in [0.3, 0.4) is 0 Å². The zero-order valence-corrected chi connectivity index (χ0v) is 11.5. The summed E-state index contributed by atoms with van der Waals surface area (Å²) >= 11 is 3.47. The largest absolute Gasteiger partial charge is 0.361 e. The zero-order valence-electron chi connectivity index (χ0n) is 8.93. The summed E-state index contributed by atoms with van der Waals surface area (Å²) in [5.41, 5.74) is -0.706. The minimum absolute atomic E-state index is 0.706. The monoisotopic (exact) mass is 273 g/mol. The second-order valence-corrected chi connectivity index (χ2v) is 9.84. The molecule has 1 unspecified atom stereocenters. The van der Waals surface area contributed by atoms with Crippen molar-refractivity contribution in [2.45, 2.75) is 44.6 Å². The highest BCUT2D eigenvalue weighted by Crippen LogP contribution is 2.39. The third-order valence-corrected chi connectivity index (χ3v) is 3.97. The number of nitrogens with zero attached hydrogens (tertiary/aromatic N) is 1. The predicted molar refractivity (Wildman–Crippen MR) is 64.6 cm³/mol. The molecular formula is C10H16BrNOSi. The molecule has 0 aromatic heterocycles. The van der Waals surface area contributed by atoms with Crippen molar-refractivity contribution in [2.24, 2.45) is 0 Å². The summed E-state index contributed by atoms with van der Waals surface area (Å²) in [6.45, 7) is 13.7. The first-order valence-electron chi connectivity index (χ1n) is 4.84. The van der Waals surface area contributed by atoms with Crippen molar-refractivity contribution in [3.8, 4) is 0 Å². The molecule has 0 radical (unpaired) electrons. The van der Waals surface area contributed by atoms with Crippen LogP contribution in [0.1, 0.15) is 19.3 Å². The van der Waals surface area contributed by atoms with Crippen LogP contribution in [0.5, 0.6) is 0 Å². The summed E-state index contributed by atoms with van der Waals surface area (Å²) in [4.78, 5) is 3.69. The SMILES string of the molecule is [C-]#[N+]C1(O[Si](C)(C)C)CCCC=C1Br. The van der Waals surface area contributed by atoms with Crippen LogP contribution in [-0.4, -0.2) is 14.0 Å². The molecule has 0 aromatic carbocycles. The summed E-state index contributed by atoms with van der Waals surface area (Å²) in [5, 5.41) is 0. The van der Waals surface area contributed by atoms with Gasteiger partial charge < -0.3 is 4.43 Å². The predicted octanol–water partition coefficient (Wildman–Crippen LogP) is 3.92. The Kier molecular flexibility index (Phi) is 3.57. The van der Waals surface area contributed by atoms with Crippen LogP contribution in [-0.2, 0) is 4.43 Å². The lowest BCUT2D eigenvalue weighted by atomic mass is 10.00. The molecule has 0 saturated carbocycles. The van der Waals surface area contributed by atoms with Gasteiger partial charge in [0.2, 0.25) is 0 Å². The van der Waals surface area contributed by atoms with Crippen molar-refractivity contribution < 1.29 is 4.43 Å². The molecule has 78 valence electrons. The average Bonchev–Trinajstić information content (AvgIpc) is 2.07. The highest BCUT2D eigenvalue weighted by atomic mass is 79.9. The van der Waals surface area contributed by atoms with Crippen molar-refractivity contribution in [3.05, 3.63) is 22.0 Å². The number of allylic oxidation sites excluding steroid dienone is 1. The van der Waals surface area contributed by atoms with Gasteiger partial charge in [-0.2, -0.15) is 0 Å². The fourth-order valence-electron chi connectivity index (χ4n) is 1.59. The van der Waals surface area contributed by atoms with Crippen LogP contribution < -0.4 is 0 Å². The smallest absolute Gasteiger partial charge is 0.347 e. The lowest BCUT2D eigenvalue weighted by Gasteiger charge is -2.30. The van der Waals surface area contributed by atoms with Crippen LogP contribution in [0.4, 0.5) is 0 Å². The number of hydrogen-bond acceptors (Lipinski definition) is 1. The van der Waals surface area contributed by atoms with Gasteiger partial charge in [-0.05, 0) is 48.4 Å². The summed E-state index contributed by atoms with van der Waals surface area (Å²) in [7, 11) is -1.66. The lowest BCUT2D eigenvalue weighted by molar-refractivity contribution is 0.139. The van der Waals surface area contributed by atoms with Crippen molar-refractivity contribution in [1.29, 1.82) is 0 Å². The van der Waals surface area contributed by atoms with Gasteiger partial charge in [0.25, 0.3) is 0 Å². The van der Waals surface area contributed by atoms with E-state index in [1.165, 1.54) is 0 Å². The van der Waals surface area contributed by atoms with Gasteiger partial charge in [-0.25, -0.2) is 6.57 Å². The van der Waals surface area contributed by atoms with Gasteiger partial charge in [0.05, 0.1) is 6.42 Å². The molecule has 1 rings (SSSR count). The molecule has 1 aliphatic rings. The Morgan fingerprint density at radius 3 is 2.64 bits per heavy atom. The van der Waals surface area contributed by atoms with E-state index in [0.717, 1.165) is 23.7 Å². The quantitative estimate of drug-likeness (QED) is 0.549. The Labute approximate surface area is 95.4 Å². The Morgan fingerprint density at radius 1 is 1.57 bits per heavy atom. The molecule has 0 aliphatic heterocycles. The number of halogens is 1. The molecule has 0 fully saturated rings. The standard InChI is InChI=1S/C10H16BrNOSi/c1-12-10(13-14(2,3)4)8-6-5-7-9(10)11/h7H,5-6,8H2,2-4H3. The van der Waals surface area contributed by atoms with Crippen LogP contribution in [0.15, 0.2) is 10.6 Å². The Morgan fingerprint density at radius 2 is 2.21 bits per heavy atom. The Hall–Kier alpha value is -0.113. The molecule has 0 amide bonds. The van der Waals surface area contributed by atoms with Crippen molar-refractivity contribution in [1.82, 2.24) is 0 Å². The molecule has 0 bridgehead atoms. The van der Waals surface area contributed by atoms with E-state index in [2.05, 4.69) is 46.5 Å². The Balaban J connectivity index is 2.93.